The third-order valence-electron chi connectivity index (χ3n) is 1.25. The van der Waals surface area contributed by atoms with Crippen molar-refractivity contribution in [2.75, 3.05) is 5.88 Å². The minimum atomic E-state index is 0.751. The fraction of sp³-hybridized carbons (Fsp3) is 0.750. The predicted molar refractivity (Wildman–Crippen MR) is 44.0 cm³/mol. The molecule has 9 heavy (non-hydrogen) atoms. The molecule has 0 aliphatic rings. The maximum atomic E-state index is 5.50. The highest BCUT2D eigenvalue weighted by atomic mass is 35.5. The first-order chi connectivity index (χ1) is 4.31. The van der Waals surface area contributed by atoms with Crippen molar-refractivity contribution in [3.63, 3.8) is 0 Å². The molecule has 0 saturated heterocycles. The van der Waals surface area contributed by atoms with E-state index in [1.165, 1.54) is 18.4 Å². The van der Waals surface area contributed by atoms with E-state index in [4.69, 9.17) is 11.6 Å². The summed E-state index contributed by atoms with van der Waals surface area (Å²) in [7, 11) is 0. The van der Waals surface area contributed by atoms with E-state index in [0.717, 1.165) is 12.3 Å². The Morgan fingerprint density at radius 2 is 2.22 bits per heavy atom. The second-order valence-corrected chi connectivity index (χ2v) is 2.66. The molecule has 0 amide bonds. The van der Waals surface area contributed by atoms with Gasteiger partial charge in [0.05, 0.1) is 0 Å². The Hall–Kier alpha value is 0.0300. The van der Waals surface area contributed by atoms with Crippen molar-refractivity contribution >= 4 is 11.6 Å². The molecule has 0 spiro atoms. The molecule has 0 fully saturated rings. The van der Waals surface area contributed by atoms with E-state index in [-0.39, 0.29) is 0 Å². The fourth-order valence-electron chi connectivity index (χ4n) is 0.797. The van der Waals surface area contributed by atoms with Crippen molar-refractivity contribution in [3.8, 4) is 0 Å². The van der Waals surface area contributed by atoms with Crippen LogP contribution in [0.3, 0.4) is 0 Å². The molecule has 54 valence electrons. The van der Waals surface area contributed by atoms with Gasteiger partial charge in [0, 0.05) is 5.88 Å². The highest BCUT2D eigenvalue weighted by molar-refractivity contribution is 6.17. The molecule has 0 radical (unpaired) electrons. The molecular formula is C8H15Cl. The summed E-state index contributed by atoms with van der Waals surface area (Å²) in [6.07, 6.45) is 5.70. The third kappa shape index (κ3) is 5.91. The summed E-state index contributed by atoms with van der Waals surface area (Å²) < 4.78 is 0. The average Bonchev–Trinajstić information content (AvgIpc) is 1.85. The van der Waals surface area contributed by atoms with Gasteiger partial charge in [0.15, 0.2) is 0 Å². The SMILES string of the molecule is CCCC(C)=CCCCl. The minimum Gasteiger partial charge on any atom is -0.126 e. The first-order valence-corrected chi connectivity index (χ1v) is 4.06. The smallest absolute Gasteiger partial charge is 0.0258 e. The molecule has 0 aromatic rings. The van der Waals surface area contributed by atoms with Crippen LogP contribution in [-0.4, -0.2) is 5.88 Å². The Labute approximate surface area is 62.9 Å². The van der Waals surface area contributed by atoms with Gasteiger partial charge in [-0.15, -0.1) is 11.6 Å². The standard InChI is InChI=1S/C8H15Cl/c1-3-5-8(2)6-4-7-9/h6H,3-5,7H2,1-2H3. The van der Waals surface area contributed by atoms with E-state index >= 15 is 0 Å². The molecule has 0 heterocycles. The zero-order chi connectivity index (χ0) is 7.11. The molecule has 0 aromatic carbocycles. The van der Waals surface area contributed by atoms with Gasteiger partial charge in [-0.2, -0.15) is 0 Å². The van der Waals surface area contributed by atoms with Gasteiger partial charge in [-0.25, -0.2) is 0 Å². The lowest BCUT2D eigenvalue weighted by atomic mass is 10.1. The summed E-state index contributed by atoms with van der Waals surface area (Å²) in [6, 6.07) is 0. The molecule has 0 aliphatic heterocycles. The van der Waals surface area contributed by atoms with Crippen LogP contribution in [0.15, 0.2) is 11.6 Å². The molecular weight excluding hydrogens is 132 g/mol. The Morgan fingerprint density at radius 1 is 1.56 bits per heavy atom. The van der Waals surface area contributed by atoms with Crippen molar-refractivity contribution < 1.29 is 0 Å². The van der Waals surface area contributed by atoms with Gasteiger partial charge in [0.25, 0.3) is 0 Å². The van der Waals surface area contributed by atoms with E-state index in [9.17, 15) is 0 Å². The van der Waals surface area contributed by atoms with Crippen LogP contribution >= 0.6 is 11.6 Å². The topological polar surface area (TPSA) is 0 Å². The monoisotopic (exact) mass is 146 g/mol. The average molecular weight is 147 g/mol. The normalized spacial score (nSPS) is 12.1. The van der Waals surface area contributed by atoms with Gasteiger partial charge in [-0.05, 0) is 19.8 Å². The van der Waals surface area contributed by atoms with Gasteiger partial charge in [0.1, 0.15) is 0 Å². The summed E-state index contributed by atoms with van der Waals surface area (Å²) in [4.78, 5) is 0. The second kappa shape index (κ2) is 6.15. The summed E-state index contributed by atoms with van der Waals surface area (Å²) in [6.45, 7) is 4.36. The first-order valence-electron chi connectivity index (χ1n) is 3.52. The molecule has 0 rings (SSSR count). The number of halogens is 1. The molecule has 0 aliphatic carbocycles. The molecule has 0 unspecified atom stereocenters. The van der Waals surface area contributed by atoms with Crippen molar-refractivity contribution in [1.29, 1.82) is 0 Å². The van der Waals surface area contributed by atoms with Crippen LogP contribution in [0.5, 0.6) is 0 Å². The largest absolute Gasteiger partial charge is 0.126 e. The Morgan fingerprint density at radius 3 is 2.67 bits per heavy atom. The van der Waals surface area contributed by atoms with Crippen LogP contribution in [0.25, 0.3) is 0 Å². The first kappa shape index (κ1) is 9.03. The number of rotatable bonds is 4. The maximum absolute atomic E-state index is 5.50. The lowest BCUT2D eigenvalue weighted by molar-refractivity contribution is 0.896. The van der Waals surface area contributed by atoms with E-state index in [2.05, 4.69) is 19.9 Å². The molecule has 0 nitrogen and oxygen atoms in total. The van der Waals surface area contributed by atoms with Gasteiger partial charge in [-0.3, -0.25) is 0 Å². The third-order valence-corrected chi connectivity index (χ3v) is 1.46. The van der Waals surface area contributed by atoms with Gasteiger partial charge >= 0.3 is 0 Å². The predicted octanol–water partition coefficient (Wildman–Crippen LogP) is 3.36. The fourth-order valence-corrected chi connectivity index (χ4v) is 0.906. The van der Waals surface area contributed by atoms with Crippen molar-refractivity contribution in [3.05, 3.63) is 11.6 Å². The molecule has 1 heteroatoms. The van der Waals surface area contributed by atoms with Gasteiger partial charge in [-0.1, -0.05) is 25.0 Å². The Kier molecular flexibility index (Phi) is 6.18. The van der Waals surface area contributed by atoms with E-state index in [0.29, 0.717) is 0 Å². The van der Waals surface area contributed by atoms with Gasteiger partial charge < -0.3 is 0 Å². The quantitative estimate of drug-likeness (QED) is 0.422. The van der Waals surface area contributed by atoms with E-state index < -0.39 is 0 Å². The van der Waals surface area contributed by atoms with E-state index in [1.807, 2.05) is 0 Å². The van der Waals surface area contributed by atoms with Crippen molar-refractivity contribution in [2.24, 2.45) is 0 Å². The summed E-state index contributed by atoms with van der Waals surface area (Å²) in [5.74, 6) is 0.751. The highest BCUT2D eigenvalue weighted by Gasteiger charge is 1.84. The lowest BCUT2D eigenvalue weighted by Gasteiger charge is -1.94. The Balaban J connectivity index is 3.30. The molecule has 0 saturated carbocycles. The lowest BCUT2D eigenvalue weighted by Crippen LogP contribution is -1.76. The Bertz CT molecular complexity index is 84.6. The van der Waals surface area contributed by atoms with Crippen molar-refractivity contribution in [2.45, 2.75) is 33.1 Å². The van der Waals surface area contributed by atoms with Gasteiger partial charge in [0.2, 0.25) is 0 Å². The molecule has 0 bridgehead atoms. The molecule has 0 atom stereocenters. The van der Waals surface area contributed by atoms with Crippen LogP contribution in [-0.2, 0) is 0 Å². The zero-order valence-electron chi connectivity index (χ0n) is 6.28. The maximum Gasteiger partial charge on any atom is 0.0258 e. The van der Waals surface area contributed by atoms with Crippen LogP contribution in [0.2, 0.25) is 0 Å². The zero-order valence-corrected chi connectivity index (χ0v) is 7.04. The van der Waals surface area contributed by atoms with Crippen LogP contribution < -0.4 is 0 Å². The summed E-state index contributed by atoms with van der Waals surface area (Å²) in [5.41, 5.74) is 1.47. The number of hydrogen-bond acceptors (Lipinski definition) is 0. The summed E-state index contributed by atoms with van der Waals surface area (Å²) in [5, 5.41) is 0. The van der Waals surface area contributed by atoms with Crippen LogP contribution in [0.1, 0.15) is 33.1 Å². The number of alkyl halides is 1. The van der Waals surface area contributed by atoms with Crippen LogP contribution in [0.4, 0.5) is 0 Å². The van der Waals surface area contributed by atoms with E-state index in [1.54, 1.807) is 0 Å². The number of allylic oxidation sites excluding steroid dienone is 2. The molecule has 0 N–H and O–H groups in total. The molecule has 0 aromatic heterocycles. The highest BCUT2D eigenvalue weighted by Crippen LogP contribution is 2.04. The minimum absolute atomic E-state index is 0.751. The summed E-state index contributed by atoms with van der Waals surface area (Å²) >= 11 is 5.50. The van der Waals surface area contributed by atoms with Crippen molar-refractivity contribution in [1.82, 2.24) is 0 Å². The number of hydrogen-bond donors (Lipinski definition) is 0. The second-order valence-electron chi connectivity index (χ2n) is 2.28. The van der Waals surface area contributed by atoms with Crippen LogP contribution in [0, 0.1) is 0 Å².